The van der Waals surface area contributed by atoms with E-state index in [0.717, 1.165) is 37.5 Å². The molecule has 9 heteroatoms. The minimum absolute atomic E-state index is 0.322. The Hall–Kier alpha value is -4.53. The van der Waals surface area contributed by atoms with Crippen molar-refractivity contribution in [3.8, 4) is 17.2 Å². The highest BCUT2D eigenvalue weighted by Gasteiger charge is 2.13. The lowest BCUT2D eigenvalue weighted by Crippen LogP contribution is -2.27. The van der Waals surface area contributed by atoms with Crippen molar-refractivity contribution in [2.75, 3.05) is 55.5 Å². The average molecular weight is 535 g/mol. The van der Waals surface area contributed by atoms with Crippen molar-refractivity contribution in [1.29, 1.82) is 0 Å². The number of aromatic nitrogens is 3. The van der Waals surface area contributed by atoms with E-state index in [9.17, 15) is 0 Å². The molecule has 0 aliphatic carbocycles. The molecule has 0 bridgehead atoms. The second-order valence-electron chi connectivity index (χ2n) is 8.28. The molecular formula is C30H42N6O3. The molecule has 0 saturated carbocycles. The fraction of sp³-hybridized carbons (Fsp3) is 0.300. The van der Waals surface area contributed by atoms with Crippen LogP contribution >= 0.6 is 0 Å². The van der Waals surface area contributed by atoms with Gasteiger partial charge in [0.25, 0.3) is 0 Å². The van der Waals surface area contributed by atoms with Crippen LogP contribution in [-0.2, 0) is 0 Å². The van der Waals surface area contributed by atoms with Crippen molar-refractivity contribution in [2.45, 2.75) is 20.8 Å². The van der Waals surface area contributed by atoms with Gasteiger partial charge in [-0.3, -0.25) is 0 Å². The van der Waals surface area contributed by atoms with Gasteiger partial charge in [-0.25, -0.2) is 0 Å². The van der Waals surface area contributed by atoms with Gasteiger partial charge >= 0.3 is 0 Å². The van der Waals surface area contributed by atoms with Crippen LogP contribution in [0.5, 0.6) is 17.2 Å². The third kappa shape index (κ3) is 13.5. The van der Waals surface area contributed by atoms with E-state index in [0.29, 0.717) is 17.2 Å². The molecule has 0 spiro atoms. The molecule has 0 fully saturated rings. The van der Waals surface area contributed by atoms with Gasteiger partial charge in [-0.15, -0.1) is 0 Å². The predicted molar refractivity (Wildman–Crippen MR) is 161 cm³/mol. The molecule has 210 valence electrons. The van der Waals surface area contributed by atoms with E-state index in [1.807, 2.05) is 54.0 Å². The molecule has 0 saturated heterocycles. The third-order valence-electron chi connectivity index (χ3n) is 5.32. The van der Waals surface area contributed by atoms with Crippen molar-refractivity contribution in [2.24, 2.45) is 0 Å². The van der Waals surface area contributed by atoms with Gasteiger partial charge in [0.05, 0.1) is 0 Å². The van der Waals surface area contributed by atoms with Crippen molar-refractivity contribution < 1.29 is 15.3 Å². The topological polar surface area (TPSA) is 109 Å². The van der Waals surface area contributed by atoms with Crippen molar-refractivity contribution in [3.63, 3.8) is 0 Å². The fourth-order valence-electron chi connectivity index (χ4n) is 2.56. The summed E-state index contributed by atoms with van der Waals surface area (Å²) >= 11 is 0. The van der Waals surface area contributed by atoms with Crippen LogP contribution in [0.1, 0.15) is 20.8 Å². The molecule has 1 aromatic heterocycles. The van der Waals surface area contributed by atoms with E-state index in [1.165, 1.54) is 0 Å². The number of hydrogen-bond acceptors (Lipinski definition) is 9. The zero-order valence-electron chi connectivity index (χ0n) is 23.8. The first-order valence-corrected chi connectivity index (χ1v) is 12.8. The van der Waals surface area contributed by atoms with E-state index in [1.54, 1.807) is 72.8 Å². The second-order valence-corrected chi connectivity index (χ2v) is 8.28. The van der Waals surface area contributed by atoms with Gasteiger partial charge in [-0.2, -0.15) is 15.0 Å². The van der Waals surface area contributed by atoms with Gasteiger partial charge in [0.15, 0.2) is 0 Å². The van der Waals surface area contributed by atoms with E-state index < -0.39 is 0 Å². The van der Waals surface area contributed by atoms with Crippen LogP contribution in [0.25, 0.3) is 0 Å². The van der Waals surface area contributed by atoms with Crippen LogP contribution in [0, 0.1) is 0 Å². The Morgan fingerprint density at radius 2 is 0.641 bits per heavy atom. The number of aromatic hydroxyl groups is 3. The fourth-order valence-corrected chi connectivity index (χ4v) is 2.56. The molecule has 0 amide bonds. The Morgan fingerprint density at radius 1 is 0.436 bits per heavy atom. The van der Waals surface area contributed by atoms with Gasteiger partial charge in [-0.1, -0.05) is 54.6 Å². The molecule has 0 atom stereocenters. The van der Waals surface area contributed by atoms with Crippen molar-refractivity contribution in [1.82, 2.24) is 15.0 Å². The molecule has 3 aromatic carbocycles. The molecule has 4 aromatic rings. The number of hydrogen-bond donors (Lipinski definition) is 3. The first-order chi connectivity index (χ1) is 18.7. The highest BCUT2D eigenvalue weighted by molar-refractivity contribution is 5.45. The summed E-state index contributed by atoms with van der Waals surface area (Å²) in [6.45, 7) is 8.85. The lowest BCUT2D eigenvalue weighted by molar-refractivity contribution is 0.475. The van der Waals surface area contributed by atoms with E-state index >= 15 is 0 Å². The first kappa shape index (κ1) is 32.5. The number of anilines is 3. The Balaban J connectivity index is 0.000000295. The zero-order valence-corrected chi connectivity index (χ0v) is 23.8. The molecule has 9 nitrogen and oxygen atoms in total. The molecule has 0 aliphatic rings. The van der Waals surface area contributed by atoms with E-state index in [-0.39, 0.29) is 0 Å². The maximum Gasteiger partial charge on any atom is 0.231 e. The third-order valence-corrected chi connectivity index (χ3v) is 5.32. The van der Waals surface area contributed by atoms with Crippen LogP contribution < -0.4 is 14.7 Å². The number of para-hydroxylation sites is 3. The zero-order chi connectivity index (χ0) is 29.0. The molecule has 3 N–H and O–H groups in total. The standard InChI is InChI=1S/C12H24N6.3C6H6O/c1-7-16(4)10-13-11(17(5)8-2)15-12(14-10)18(6)9-3;3*7-6-4-2-1-3-5-6/h7-9H2,1-6H3;3*1-5,7H. The normalized spacial score (nSPS) is 9.38. The summed E-state index contributed by atoms with van der Waals surface area (Å²) < 4.78 is 0. The SMILES string of the molecule is CCN(C)c1nc(N(C)CC)nc(N(C)CC)n1.Oc1ccccc1.Oc1ccccc1.Oc1ccccc1. The van der Waals surface area contributed by atoms with Crippen LogP contribution in [0.2, 0.25) is 0 Å². The number of nitrogens with zero attached hydrogens (tertiary/aromatic N) is 6. The summed E-state index contributed by atoms with van der Waals surface area (Å²) in [5.74, 6) is 3.13. The van der Waals surface area contributed by atoms with Crippen molar-refractivity contribution >= 4 is 17.8 Å². The summed E-state index contributed by atoms with van der Waals surface area (Å²) in [6, 6.07) is 26.1. The molecule has 0 unspecified atom stereocenters. The summed E-state index contributed by atoms with van der Waals surface area (Å²) in [5.41, 5.74) is 0. The molecule has 4 rings (SSSR count). The van der Waals surface area contributed by atoms with E-state index in [4.69, 9.17) is 15.3 Å². The van der Waals surface area contributed by atoms with Gasteiger partial charge in [0.2, 0.25) is 17.8 Å². The van der Waals surface area contributed by atoms with Crippen molar-refractivity contribution in [3.05, 3.63) is 91.0 Å². The maximum atomic E-state index is 8.63. The highest BCUT2D eigenvalue weighted by Crippen LogP contribution is 2.16. The van der Waals surface area contributed by atoms with Crippen LogP contribution in [0.3, 0.4) is 0 Å². The first-order valence-electron chi connectivity index (χ1n) is 12.8. The Labute approximate surface area is 232 Å². The number of phenolic OH excluding ortho intramolecular Hbond substituents is 3. The van der Waals surface area contributed by atoms with Crippen LogP contribution in [-0.4, -0.2) is 71.0 Å². The maximum absolute atomic E-state index is 8.63. The van der Waals surface area contributed by atoms with Gasteiger partial charge in [0.1, 0.15) is 17.2 Å². The van der Waals surface area contributed by atoms with Gasteiger partial charge in [-0.05, 0) is 57.2 Å². The quantitative estimate of drug-likeness (QED) is 0.299. The molecule has 0 radical (unpaired) electrons. The minimum atomic E-state index is 0.322. The molecule has 39 heavy (non-hydrogen) atoms. The molecular weight excluding hydrogens is 492 g/mol. The predicted octanol–water partition coefficient (Wildman–Crippen LogP) is 5.42. The Kier molecular flexibility index (Phi) is 15.6. The Morgan fingerprint density at radius 3 is 0.769 bits per heavy atom. The average Bonchev–Trinajstić information content (AvgIpc) is 2.97. The smallest absolute Gasteiger partial charge is 0.231 e. The van der Waals surface area contributed by atoms with E-state index in [2.05, 4.69) is 35.7 Å². The monoisotopic (exact) mass is 534 g/mol. The number of phenols is 3. The summed E-state index contributed by atoms with van der Waals surface area (Å²) in [5, 5.41) is 25.9. The summed E-state index contributed by atoms with van der Waals surface area (Å²) in [6.07, 6.45) is 0. The molecule has 1 heterocycles. The number of rotatable bonds is 6. The lowest BCUT2D eigenvalue weighted by Gasteiger charge is -2.22. The summed E-state index contributed by atoms with van der Waals surface area (Å²) in [4.78, 5) is 19.5. The highest BCUT2D eigenvalue weighted by atomic mass is 16.3. The van der Waals surface area contributed by atoms with Crippen LogP contribution in [0.4, 0.5) is 17.8 Å². The Bertz CT molecular complexity index is 993. The number of benzene rings is 3. The largest absolute Gasteiger partial charge is 0.508 e. The van der Waals surface area contributed by atoms with Gasteiger partial charge < -0.3 is 30.0 Å². The van der Waals surface area contributed by atoms with Crippen LogP contribution in [0.15, 0.2) is 91.0 Å². The van der Waals surface area contributed by atoms with Gasteiger partial charge in [0, 0.05) is 40.8 Å². The minimum Gasteiger partial charge on any atom is -0.508 e. The second kappa shape index (κ2) is 18.7. The molecule has 0 aliphatic heterocycles. The lowest BCUT2D eigenvalue weighted by atomic mass is 10.3. The summed E-state index contributed by atoms with van der Waals surface area (Å²) in [7, 11) is 5.96.